The quantitative estimate of drug-likeness (QED) is 0.210. The molecule has 4 aliphatic heterocycles. The molecule has 9 nitrogen and oxygen atoms in total. The van der Waals surface area contributed by atoms with E-state index in [1.165, 1.54) is 40.8 Å². The van der Waals surface area contributed by atoms with Crippen molar-refractivity contribution in [3.8, 4) is 5.75 Å². The van der Waals surface area contributed by atoms with Crippen molar-refractivity contribution in [1.29, 1.82) is 0 Å². The molecule has 55 heavy (non-hydrogen) atoms. The Morgan fingerprint density at radius 3 is 2.20 bits per heavy atom. The fourth-order valence-corrected chi connectivity index (χ4v) is 10.0. The molecule has 5 aliphatic rings. The Labute approximate surface area is 323 Å². The highest BCUT2D eigenvalue weighted by Gasteiger charge is 2.39. The van der Waals surface area contributed by atoms with E-state index >= 15 is 0 Å². The molecule has 4 heterocycles. The van der Waals surface area contributed by atoms with Crippen LogP contribution in [0.2, 0.25) is 0 Å². The average molecular weight is 738 g/mol. The zero-order chi connectivity index (χ0) is 37.5. The summed E-state index contributed by atoms with van der Waals surface area (Å²) >= 11 is 0. The first-order valence-electron chi connectivity index (χ1n) is 20.3. The highest BCUT2D eigenvalue weighted by molar-refractivity contribution is 6.05. The molecule has 3 atom stereocenters. The third-order valence-corrected chi connectivity index (χ3v) is 13.1. The third-order valence-electron chi connectivity index (χ3n) is 13.1. The highest BCUT2D eigenvalue weighted by Crippen LogP contribution is 2.44. The van der Waals surface area contributed by atoms with Crippen LogP contribution in [0.4, 0.5) is 11.4 Å². The summed E-state index contributed by atoms with van der Waals surface area (Å²) in [7, 11) is 0. The van der Waals surface area contributed by atoms with Gasteiger partial charge in [-0.1, -0.05) is 48.5 Å². The van der Waals surface area contributed by atoms with Gasteiger partial charge in [0.25, 0.3) is 5.91 Å². The van der Waals surface area contributed by atoms with Gasteiger partial charge < -0.3 is 19.8 Å². The third kappa shape index (κ3) is 7.34. The van der Waals surface area contributed by atoms with Crippen LogP contribution < -0.4 is 15.1 Å². The lowest BCUT2D eigenvalue weighted by molar-refractivity contribution is -0.136. The topological polar surface area (TPSA) is 96.4 Å². The van der Waals surface area contributed by atoms with Gasteiger partial charge in [-0.15, -0.1) is 0 Å². The van der Waals surface area contributed by atoms with E-state index in [0.29, 0.717) is 42.0 Å². The summed E-state index contributed by atoms with van der Waals surface area (Å²) in [5, 5.41) is 12.6. The number of amides is 3. The molecule has 3 saturated heterocycles. The van der Waals surface area contributed by atoms with Crippen LogP contribution in [0.25, 0.3) is 0 Å². The molecule has 3 fully saturated rings. The number of phenolic OH excluding ortho intramolecular Hbond substituents is 1. The molecule has 0 spiro atoms. The average Bonchev–Trinajstić information content (AvgIpc) is 3.53. The van der Waals surface area contributed by atoms with Crippen molar-refractivity contribution in [2.75, 3.05) is 55.6 Å². The first-order valence-corrected chi connectivity index (χ1v) is 20.3. The largest absolute Gasteiger partial charge is 0.508 e. The van der Waals surface area contributed by atoms with Crippen LogP contribution in [-0.4, -0.2) is 84.5 Å². The van der Waals surface area contributed by atoms with Gasteiger partial charge >= 0.3 is 0 Å². The molecular weight excluding hydrogens is 687 g/mol. The lowest BCUT2D eigenvalue weighted by atomic mass is 9.70. The van der Waals surface area contributed by atoms with Crippen LogP contribution >= 0.6 is 0 Å². The fraction of sp³-hybridized carbons (Fsp3) is 0.413. The monoisotopic (exact) mass is 737 g/mol. The Bertz CT molecular complexity index is 2050. The minimum Gasteiger partial charge on any atom is -0.508 e. The Morgan fingerprint density at radius 1 is 0.691 bits per heavy atom. The number of aryl methyl sites for hydroxylation is 1. The number of hydrogen-bond acceptors (Lipinski definition) is 7. The normalized spacial score (nSPS) is 23.5. The molecule has 2 unspecified atom stereocenters. The SMILES string of the molecule is O=C1CCC(N2Cc3cc(N4CCN(CC5CCN(c6ccc(C7c8ccc(O)cc8CC[C@@H]7Cc7ccccc7)cc6)CC5)CC4)ccc3C2=O)C(=O)N1. The van der Waals surface area contributed by atoms with Crippen molar-refractivity contribution in [2.45, 2.75) is 63.5 Å². The van der Waals surface area contributed by atoms with Gasteiger partial charge in [0.2, 0.25) is 11.8 Å². The van der Waals surface area contributed by atoms with Crippen LogP contribution in [0.15, 0.2) is 91.0 Å². The molecule has 9 rings (SSSR count). The Balaban J connectivity index is 0.775. The molecule has 0 bridgehead atoms. The molecule has 3 amide bonds. The Kier molecular flexibility index (Phi) is 9.81. The van der Waals surface area contributed by atoms with Gasteiger partial charge in [-0.05, 0) is 121 Å². The first-order chi connectivity index (χ1) is 26.9. The van der Waals surface area contributed by atoms with Crippen LogP contribution in [0, 0.1) is 11.8 Å². The van der Waals surface area contributed by atoms with Crippen LogP contribution in [0.3, 0.4) is 0 Å². The number of anilines is 2. The number of piperazine rings is 1. The molecular formula is C46H51N5O4. The van der Waals surface area contributed by atoms with Crippen molar-refractivity contribution in [3.63, 3.8) is 0 Å². The number of carbonyl (C=O) groups is 3. The number of phenols is 1. The maximum Gasteiger partial charge on any atom is 0.255 e. The standard InChI is InChI=1S/C46H51N5O4/c52-39-13-15-40-34(28-39)6-7-35(26-31-4-2-1-3-5-31)44(40)33-8-10-37(11-9-33)49-20-18-32(19-21-49)29-48-22-24-50(25-23-48)38-12-14-41-36(27-38)30-51(46(41)55)42-16-17-43(53)47-45(42)54/h1-5,8-15,27-28,32,35,42,44,52H,6-7,16-26,29-30H2,(H,47,53,54)/t35-,42?,44?/m1/s1. The van der Waals surface area contributed by atoms with Gasteiger partial charge in [-0.2, -0.15) is 0 Å². The molecule has 9 heteroatoms. The highest BCUT2D eigenvalue weighted by atomic mass is 16.3. The summed E-state index contributed by atoms with van der Waals surface area (Å²) in [6.45, 7) is 7.66. The predicted molar refractivity (Wildman–Crippen MR) is 214 cm³/mol. The molecule has 0 radical (unpaired) electrons. The van der Waals surface area contributed by atoms with E-state index in [0.717, 1.165) is 76.3 Å². The second-order valence-electron chi connectivity index (χ2n) is 16.4. The van der Waals surface area contributed by atoms with Gasteiger partial charge in [0, 0.05) is 81.6 Å². The zero-order valence-electron chi connectivity index (χ0n) is 31.5. The number of fused-ring (bicyclic) bond motifs is 2. The number of nitrogens with zero attached hydrogens (tertiary/aromatic N) is 4. The van der Waals surface area contributed by atoms with Crippen LogP contribution in [0.1, 0.15) is 76.2 Å². The summed E-state index contributed by atoms with van der Waals surface area (Å²) in [4.78, 5) is 46.5. The molecule has 0 saturated carbocycles. The van der Waals surface area contributed by atoms with Gasteiger partial charge in [0.15, 0.2) is 0 Å². The molecule has 2 N–H and O–H groups in total. The van der Waals surface area contributed by atoms with E-state index in [1.54, 1.807) is 4.90 Å². The van der Waals surface area contributed by atoms with E-state index in [9.17, 15) is 19.5 Å². The fourth-order valence-electron chi connectivity index (χ4n) is 10.0. The number of aromatic hydroxyl groups is 1. The van der Waals surface area contributed by atoms with Gasteiger partial charge in [-0.25, -0.2) is 0 Å². The molecule has 0 aromatic heterocycles. The van der Waals surface area contributed by atoms with Gasteiger partial charge in [0.1, 0.15) is 11.8 Å². The Hall–Kier alpha value is -5.15. The molecule has 284 valence electrons. The number of piperidine rings is 2. The Morgan fingerprint density at radius 2 is 1.44 bits per heavy atom. The lowest BCUT2D eigenvalue weighted by Crippen LogP contribution is -2.52. The molecule has 1 aliphatic carbocycles. The molecule has 4 aromatic rings. The van der Waals surface area contributed by atoms with Gasteiger partial charge in [-0.3, -0.25) is 24.6 Å². The number of hydrogen-bond donors (Lipinski definition) is 2. The minimum absolute atomic E-state index is 0.121. The summed E-state index contributed by atoms with van der Waals surface area (Å²) in [5.74, 6) is 1.12. The number of imide groups is 1. The maximum atomic E-state index is 13.2. The number of rotatable bonds is 8. The zero-order valence-corrected chi connectivity index (χ0v) is 31.5. The summed E-state index contributed by atoms with van der Waals surface area (Å²) < 4.78 is 0. The van der Waals surface area contributed by atoms with E-state index < -0.39 is 6.04 Å². The lowest BCUT2D eigenvalue weighted by Gasteiger charge is -2.40. The summed E-state index contributed by atoms with van der Waals surface area (Å²) in [6, 6.07) is 31.7. The van der Waals surface area contributed by atoms with Crippen LogP contribution in [-0.2, 0) is 29.0 Å². The van der Waals surface area contributed by atoms with E-state index in [2.05, 4.69) is 86.7 Å². The second-order valence-corrected chi connectivity index (χ2v) is 16.4. The minimum atomic E-state index is -0.585. The number of carbonyl (C=O) groups excluding carboxylic acids is 3. The van der Waals surface area contributed by atoms with E-state index in [-0.39, 0.29) is 24.1 Å². The van der Waals surface area contributed by atoms with Crippen LogP contribution in [0.5, 0.6) is 5.75 Å². The summed E-state index contributed by atoms with van der Waals surface area (Å²) in [5.41, 5.74) is 9.48. The first kappa shape index (κ1) is 35.5. The predicted octanol–water partition coefficient (Wildman–Crippen LogP) is 6.13. The second kappa shape index (κ2) is 15.2. The maximum absolute atomic E-state index is 13.2. The van der Waals surface area contributed by atoms with Crippen molar-refractivity contribution in [2.24, 2.45) is 11.8 Å². The number of nitrogens with one attached hydrogen (secondary N) is 1. The number of benzene rings is 4. The summed E-state index contributed by atoms with van der Waals surface area (Å²) in [6.07, 6.45) is 6.22. The van der Waals surface area contributed by atoms with E-state index in [4.69, 9.17) is 0 Å². The van der Waals surface area contributed by atoms with Crippen molar-refractivity contribution in [1.82, 2.24) is 15.1 Å². The van der Waals surface area contributed by atoms with Gasteiger partial charge in [0.05, 0.1) is 0 Å². The van der Waals surface area contributed by atoms with Crippen molar-refractivity contribution < 1.29 is 19.5 Å². The smallest absolute Gasteiger partial charge is 0.255 e. The van der Waals surface area contributed by atoms with Crippen molar-refractivity contribution >= 4 is 29.1 Å². The molecule has 4 aromatic carbocycles. The van der Waals surface area contributed by atoms with E-state index in [1.807, 2.05) is 24.3 Å². The van der Waals surface area contributed by atoms with Crippen molar-refractivity contribution in [3.05, 3.63) is 124 Å².